The predicted octanol–water partition coefficient (Wildman–Crippen LogP) is 4.35. The zero-order valence-corrected chi connectivity index (χ0v) is 13.2. The van der Waals surface area contributed by atoms with E-state index in [9.17, 15) is 9.18 Å². The number of halogens is 2. The summed E-state index contributed by atoms with van der Waals surface area (Å²) in [7, 11) is 0. The fourth-order valence-corrected chi connectivity index (χ4v) is 2.38. The number of carbonyl (C=O) groups excluding carboxylic acids is 1. The SMILES string of the molecule is Cc1ccc(CNC(=O)NC(C)c2ccccc2Cl)cc1F. The van der Waals surface area contributed by atoms with Crippen molar-refractivity contribution in [3.8, 4) is 0 Å². The molecule has 2 amide bonds. The Labute approximate surface area is 134 Å². The number of aryl methyl sites for hydroxylation is 1. The topological polar surface area (TPSA) is 41.1 Å². The summed E-state index contributed by atoms with van der Waals surface area (Å²) < 4.78 is 13.4. The fraction of sp³-hybridized carbons (Fsp3) is 0.235. The second-order valence-corrected chi connectivity index (χ2v) is 5.56. The number of hydrogen-bond acceptors (Lipinski definition) is 1. The number of rotatable bonds is 4. The van der Waals surface area contributed by atoms with Gasteiger partial charge in [0.15, 0.2) is 0 Å². The van der Waals surface area contributed by atoms with Crippen LogP contribution in [0.2, 0.25) is 5.02 Å². The van der Waals surface area contributed by atoms with Crippen LogP contribution in [0.1, 0.15) is 29.7 Å². The molecule has 2 aromatic carbocycles. The largest absolute Gasteiger partial charge is 0.334 e. The average molecular weight is 321 g/mol. The third kappa shape index (κ3) is 4.21. The molecule has 0 aliphatic heterocycles. The van der Waals surface area contributed by atoms with E-state index in [1.54, 1.807) is 25.1 Å². The van der Waals surface area contributed by atoms with Gasteiger partial charge in [0.2, 0.25) is 0 Å². The lowest BCUT2D eigenvalue weighted by molar-refractivity contribution is 0.237. The standard InChI is InChI=1S/C17H18ClFN2O/c1-11-7-8-13(9-16(11)19)10-20-17(22)21-12(2)14-5-3-4-6-15(14)18/h3-9,12H,10H2,1-2H3,(H2,20,21,22). The minimum absolute atomic E-state index is 0.219. The average Bonchev–Trinajstić information content (AvgIpc) is 2.49. The Bertz CT molecular complexity index is 675. The number of hydrogen-bond donors (Lipinski definition) is 2. The molecule has 0 aliphatic rings. The van der Waals surface area contributed by atoms with Crippen LogP contribution in [0.25, 0.3) is 0 Å². The first-order valence-corrected chi connectivity index (χ1v) is 7.39. The lowest BCUT2D eigenvalue weighted by atomic mass is 10.1. The summed E-state index contributed by atoms with van der Waals surface area (Å²) in [6, 6.07) is 11.7. The van der Waals surface area contributed by atoms with E-state index in [1.165, 1.54) is 6.07 Å². The van der Waals surface area contributed by atoms with Crippen molar-refractivity contribution in [2.75, 3.05) is 0 Å². The van der Waals surface area contributed by atoms with Crippen LogP contribution in [0.3, 0.4) is 0 Å². The molecule has 0 spiro atoms. The first-order chi connectivity index (χ1) is 10.5. The van der Waals surface area contributed by atoms with Crippen molar-refractivity contribution in [3.05, 3.63) is 70.0 Å². The molecule has 0 heterocycles. The molecule has 0 bridgehead atoms. The summed E-state index contributed by atoms with van der Waals surface area (Å²) in [5.74, 6) is -0.274. The Kier molecular flexibility index (Phi) is 5.39. The van der Waals surface area contributed by atoms with E-state index in [1.807, 2.05) is 25.1 Å². The molecule has 2 rings (SSSR count). The number of amides is 2. The molecule has 0 aliphatic carbocycles. The molecule has 1 atom stereocenters. The monoisotopic (exact) mass is 320 g/mol. The smallest absolute Gasteiger partial charge is 0.315 e. The maximum atomic E-state index is 13.4. The van der Waals surface area contributed by atoms with Gasteiger partial charge in [-0.3, -0.25) is 0 Å². The van der Waals surface area contributed by atoms with E-state index < -0.39 is 0 Å². The van der Waals surface area contributed by atoms with Crippen molar-refractivity contribution in [3.63, 3.8) is 0 Å². The molecule has 0 aromatic heterocycles. The van der Waals surface area contributed by atoms with Gasteiger partial charge in [0, 0.05) is 11.6 Å². The van der Waals surface area contributed by atoms with Gasteiger partial charge >= 0.3 is 6.03 Å². The summed E-state index contributed by atoms with van der Waals surface area (Å²) in [6.45, 7) is 3.81. The molecule has 0 saturated heterocycles. The van der Waals surface area contributed by atoms with E-state index in [4.69, 9.17) is 11.6 Å². The third-order valence-electron chi connectivity index (χ3n) is 3.41. The van der Waals surface area contributed by atoms with Gasteiger partial charge in [0.1, 0.15) is 5.82 Å². The van der Waals surface area contributed by atoms with Crippen molar-refractivity contribution < 1.29 is 9.18 Å². The number of urea groups is 1. The van der Waals surface area contributed by atoms with Crippen molar-refractivity contribution in [2.24, 2.45) is 0 Å². The Hall–Kier alpha value is -2.07. The van der Waals surface area contributed by atoms with Crippen molar-refractivity contribution >= 4 is 17.6 Å². The molecule has 22 heavy (non-hydrogen) atoms. The first kappa shape index (κ1) is 16.3. The quantitative estimate of drug-likeness (QED) is 0.864. The number of carbonyl (C=O) groups is 1. The Balaban J connectivity index is 1.90. The van der Waals surface area contributed by atoms with Crippen LogP contribution in [-0.4, -0.2) is 6.03 Å². The van der Waals surface area contributed by atoms with Gasteiger partial charge in [-0.1, -0.05) is 41.9 Å². The van der Waals surface area contributed by atoms with E-state index >= 15 is 0 Å². The van der Waals surface area contributed by atoms with Crippen LogP contribution in [0.5, 0.6) is 0 Å². The van der Waals surface area contributed by atoms with Crippen LogP contribution < -0.4 is 10.6 Å². The van der Waals surface area contributed by atoms with Gasteiger partial charge in [-0.25, -0.2) is 9.18 Å². The molecule has 1 unspecified atom stereocenters. The van der Waals surface area contributed by atoms with Crippen LogP contribution >= 0.6 is 11.6 Å². The van der Waals surface area contributed by atoms with E-state index in [0.29, 0.717) is 16.1 Å². The van der Waals surface area contributed by atoms with E-state index in [2.05, 4.69) is 10.6 Å². The van der Waals surface area contributed by atoms with Crippen molar-refractivity contribution in [1.29, 1.82) is 0 Å². The molecule has 5 heteroatoms. The maximum absolute atomic E-state index is 13.4. The normalized spacial score (nSPS) is 11.8. The highest BCUT2D eigenvalue weighted by atomic mass is 35.5. The molecule has 0 radical (unpaired) electrons. The minimum Gasteiger partial charge on any atom is -0.334 e. The van der Waals surface area contributed by atoms with Crippen molar-refractivity contribution in [2.45, 2.75) is 26.4 Å². The summed E-state index contributed by atoms with van der Waals surface area (Å²) >= 11 is 6.09. The first-order valence-electron chi connectivity index (χ1n) is 7.01. The Morgan fingerprint density at radius 2 is 2.00 bits per heavy atom. The fourth-order valence-electron chi connectivity index (χ4n) is 2.08. The molecule has 2 aromatic rings. The van der Waals surface area contributed by atoms with Gasteiger partial charge in [0.25, 0.3) is 0 Å². The molecule has 0 fully saturated rings. The predicted molar refractivity (Wildman–Crippen MR) is 86.4 cm³/mol. The summed E-state index contributed by atoms with van der Waals surface area (Å²) in [4.78, 5) is 11.9. The summed E-state index contributed by atoms with van der Waals surface area (Å²) in [6.07, 6.45) is 0. The summed E-state index contributed by atoms with van der Waals surface area (Å²) in [5.41, 5.74) is 2.14. The minimum atomic E-state index is -0.326. The van der Waals surface area contributed by atoms with E-state index in [-0.39, 0.29) is 24.4 Å². The molecule has 0 saturated carbocycles. The summed E-state index contributed by atoms with van der Waals surface area (Å²) in [5, 5.41) is 6.12. The van der Waals surface area contributed by atoms with Crippen LogP contribution in [0.15, 0.2) is 42.5 Å². The van der Waals surface area contributed by atoms with Gasteiger partial charge < -0.3 is 10.6 Å². The van der Waals surface area contributed by atoms with Crippen LogP contribution in [0, 0.1) is 12.7 Å². The Morgan fingerprint density at radius 1 is 1.27 bits per heavy atom. The second-order valence-electron chi connectivity index (χ2n) is 5.15. The molecule has 2 N–H and O–H groups in total. The zero-order chi connectivity index (χ0) is 16.1. The van der Waals surface area contributed by atoms with Gasteiger partial charge in [-0.2, -0.15) is 0 Å². The molecule has 3 nitrogen and oxygen atoms in total. The maximum Gasteiger partial charge on any atom is 0.315 e. The molecular formula is C17H18ClFN2O. The number of benzene rings is 2. The molecule has 116 valence electrons. The Morgan fingerprint density at radius 3 is 2.68 bits per heavy atom. The highest BCUT2D eigenvalue weighted by molar-refractivity contribution is 6.31. The second kappa shape index (κ2) is 7.27. The van der Waals surface area contributed by atoms with Crippen molar-refractivity contribution in [1.82, 2.24) is 10.6 Å². The lowest BCUT2D eigenvalue weighted by Gasteiger charge is -2.16. The van der Waals surface area contributed by atoms with Crippen LogP contribution in [0.4, 0.5) is 9.18 Å². The van der Waals surface area contributed by atoms with Gasteiger partial charge in [0.05, 0.1) is 6.04 Å². The lowest BCUT2D eigenvalue weighted by Crippen LogP contribution is -2.36. The molecular weight excluding hydrogens is 303 g/mol. The third-order valence-corrected chi connectivity index (χ3v) is 3.75. The highest BCUT2D eigenvalue weighted by Gasteiger charge is 2.12. The van der Waals surface area contributed by atoms with Gasteiger partial charge in [-0.15, -0.1) is 0 Å². The number of nitrogens with one attached hydrogen (secondary N) is 2. The zero-order valence-electron chi connectivity index (χ0n) is 12.5. The van der Waals surface area contributed by atoms with Crippen LogP contribution in [-0.2, 0) is 6.54 Å². The van der Waals surface area contributed by atoms with Gasteiger partial charge in [-0.05, 0) is 42.7 Å². The highest BCUT2D eigenvalue weighted by Crippen LogP contribution is 2.21. The van der Waals surface area contributed by atoms with E-state index in [0.717, 1.165) is 5.56 Å².